The Morgan fingerprint density at radius 2 is 1.79 bits per heavy atom. The van der Waals surface area contributed by atoms with Crippen LogP contribution in [-0.4, -0.2) is 39.4 Å². The molecule has 3 aromatic rings. The van der Waals surface area contributed by atoms with Crippen molar-refractivity contribution in [2.75, 3.05) is 20.1 Å². The molecule has 0 aliphatic rings. The molecule has 0 saturated carbocycles. The van der Waals surface area contributed by atoms with Gasteiger partial charge in [-0.15, -0.1) is 0 Å². The molecule has 0 bridgehead atoms. The third kappa shape index (κ3) is 8.34. The average Bonchev–Trinajstić information content (AvgIpc) is 3.34. The second kappa shape index (κ2) is 12.2. The summed E-state index contributed by atoms with van der Waals surface area (Å²) in [4.78, 5) is 14.4. The van der Waals surface area contributed by atoms with Crippen molar-refractivity contribution in [2.45, 2.75) is 24.4 Å². The Morgan fingerprint density at radius 3 is 2.48 bits per heavy atom. The number of carbonyl (C=O) groups is 1. The van der Waals surface area contributed by atoms with Gasteiger partial charge in [0.25, 0.3) is 0 Å². The van der Waals surface area contributed by atoms with Crippen LogP contribution < -0.4 is 10.0 Å². The second-order valence-corrected chi connectivity index (χ2v) is 9.44. The first-order chi connectivity index (χ1) is 15.9. The zero-order valence-electron chi connectivity index (χ0n) is 18.6. The Morgan fingerprint density at radius 1 is 1.03 bits per heavy atom. The summed E-state index contributed by atoms with van der Waals surface area (Å²) in [6.45, 7) is 2.42. The lowest BCUT2D eigenvalue weighted by Gasteiger charge is -2.16. The van der Waals surface area contributed by atoms with E-state index < -0.39 is 10.0 Å². The van der Waals surface area contributed by atoms with Crippen molar-refractivity contribution in [2.24, 2.45) is 0 Å². The Labute approximate surface area is 195 Å². The Balaban J connectivity index is 1.38. The van der Waals surface area contributed by atoms with Gasteiger partial charge in [0.05, 0.1) is 17.7 Å². The monoisotopic (exact) mass is 467 g/mol. The third-order valence-corrected chi connectivity index (χ3v) is 6.36. The lowest BCUT2D eigenvalue weighted by atomic mass is 10.2. The molecule has 8 heteroatoms. The molecule has 33 heavy (non-hydrogen) atoms. The highest BCUT2D eigenvalue weighted by atomic mass is 32.2. The molecule has 0 fully saturated rings. The number of nitrogens with one attached hydrogen (secondary N) is 2. The molecule has 0 unspecified atom stereocenters. The Hall–Kier alpha value is -3.20. The van der Waals surface area contributed by atoms with Gasteiger partial charge in [-0.3, -0.25) is 4.79 Å². The predicted octanol–water partition coefficient (Wildman–Crippen LogP) is 3.41. The highest BCUT2D eigenvalue weighted by molar-refractivity contribution is 7.89. The maximum Gasteiger partial charge on any atom is 0.243 e. The van der Waals surface area contributed by atoms with E-state index in [0.29, 0.717) is 12.3 Å². The molecule has 0 saturated heterocycles. The number of benzene rings is 2. The molecule has 3 rings (SSSR count). The van der Waals surface area contributed by atoms with Gasteiger partial charge in [-0.05, 0) is 61.5 Å². The number of carbonyl (C=O) groups excluding carboxylic acids is 1. The van der Waals surface area contributed by atoms with E-state index in [9.17, 15) is 13.2 Å². The normalized spacial score (nSPS) is 11.8. The fourth-order valence-electron chi connectivity index (χ4n) is 3.19. The molecule has 7 nitrogen and oxygen atoms in total. The van der Waals surface area contributed by atoms with Crippen molar-refractivity contribution < 1.29 is 17.6 Å². The molecule has 0 atom stereocenters. The molecule has 0 aliphatic carbocycles. The number of hydrogen-bond donors (Lipinski definition) is 2. The summed E-state index contributed by atoms with van der Waals surface area (Å²) in [5, 5.41) is 2.87. The third-order valence-electron chi connectivity index (χ3n) is 4.95. The maximum absolute atomic E-state index is 12.4. The molecule has 1 heterocycles. The van der Waals surface area contributed by atoms with Crippen molar-refractivity contribution >= 4 is 22.0 Å². The van der Waals surface area contributed by atoms with E-state index >= 15 is 0 Å². The maximum atomic E-state index is 12.4. The quantitative estimate of drug-likeness (QED) is 0.315. The summed E-state index contributed by atoms with van der Waals surface area (Å²) in [7, 11) is -1.58. The number of furan rings is 1. The van der Waals surface area contributed by atoms with Gasteiger partial charge in [0.15, 0.2) is 0 Å². The topological polar surface area (TPSA) is 91.7 Å². The van der Waals surface area contributed by atoms with E-state index in [1.165, 1.54) is 30.0 Å². The molecule has 0 spiro atoms. The van der Waals surface area contributed by atoms with Crippen molar-refractivity contribution in [1.29, 1.82) is 0 Å². The fourth-order valence-corrected chi connectivity index (χ4v) is 4.18. The number of sulfonamides is 1. The van der Waals surface area contributed by atoms with E-state index in [2.05, 4.69) is 34.1 Å². The summed E-state index contributed by atoms with van der Waals surface area (Å²) in [5.74, 6) is 0.351. The number of amides is 1. The first-order valence-corrected chi connectivity index (χ1v) is 12.2. The zero-order chi connectivity index (χ0) is 23.5. The molecule has 0 radical (unpaired) electrons. The van der Waals surface area contributed by atoms with E-state index in [4.69, 9.17) is 4.42 Å². The van der Waals surface area contributed by atoms with Crippen LogP contribution in [-0.2, 0) is 27.9 Å². The minimum absolute atomic E-state index is 0.0825. The summed E-state index contributed by atoms with van der Waals surface area (Å²) >= 11 is 0. The van der Waals surface area contributed by atoms with Crippen LogP contribution in [0.3, 0.4) is 0 Å². The van der Waals surface area contributed by atoms with E-state index in [1.54, 1.807) is 30.3 Å². The van der Waals surface area contributed by atoms with Gasteiger partial charge in [-0.25, -0.2) is 13.1 Å². The summed E-state index contributed by atoms with van der Waals surface area (Å²) in [6, 6.07) is 20.0. The van der Waals surface area contributed by atoms with Gasteiger partial charge < -0.3 is 14.6 Å². The molecule has 1 aromatic heterocycles. The minimum Gasteiger partial charge on any atom is -0.468 e. The van der Waals surface area contributed by atoms with Crippen molar-refractivity contribution in [1.82, 2.24) is 14.9 Å². The van der Waals surface area contributed by atoms with E-state index in [-0.39, 0.29) is 17.3 Å². The van der Waals surface area contributed by atoms with Gasteiger partial charge >= 0.3 is 0 Å². The Bertz CT molecular complexity index is 1130. The lowest BCUT2D eigenvalue weighted by molar-refractivity contribution is -0.116. The number of nitrogens with zero attached hydrogens (tertiary/aromatic N) is 1. The Kier molecular flexibility index (Phi) is 9.00. The predicted molar refractivity (Wildman–Crippen MR) is 129 cm³/mol. The van der Waals surface area contributed by atoms with Crippen LogP contribution in [0.5, 0.6) is 0 Å². The van der Waals surface area contributed by atoms with E-state index in [1.807, 2.05) is 18.2 Å². The zero-order valence-corrected chi connectivity index (χ0v) is 19.4. The van der Waals surface area contributed by atoms with Crippen LogP contribution in [0.1, 0.15) is 23.3 Å². The average molecular weight is 468 g/mol. The molecular weight excluding hydrogens is 438 g/mol. The largest absolute Gasteiger partial charge is 0.468 e. The highest BCUT2D eigenvalue weighted by Gasteiger charge is 2.14. The van der Waals surface area contributed by atoms with Gasteiger partial charge in [0, 0.05) is 19.2 Å². The number of hydrogen-bond acceptors (Lipinski definition) is 5. The first kappa shape index (κ1) is 24.4. The lowest BCUT2D eigenvalue weighted by Crippen LogP contribution is -2.26. The van der Waals surface area contributed by atoms with Crippen molar-refractivity contribution in [3.63, 3.8) is 0 Å². The number of rotatable bonds is 12. The van der Waals surface area contributed by atoms with Crippen LogP contribution in [0.2, 0.25) is 0 Å². The molecular formula is C25H29N3O4S. The molecule has 2 N–H and O–H groups in total. The van der Waals surface area contributed by atoms with Crippen LogP contribution in [0.15, 0.2) is 88.4 Å². The van der Waals surface area contributed by atoms with Gasteiger partial charge in [0.2, 0.25) is 15.9 Å². The van der Waals surface area contributed by atoms with Crippen LogP contribution in [0, 0.1) is 0 Å². The van der Waals surface area contributed by atoms with Crippen LogP contribution >= 0.6 is 0 Å². The SMILES string of the molecule is CN(CCCNC(=O)/C=C/c1ccc(S(=O)(=O)NCc2ccco2)cc1)Cc1ccccc1. The van der Waals surface area contributed by atoms with Crippen LogP contribution in [0.4, 0.5) is 0 Å². The van der Waals surface area contributed by atoms with Crippen molar-refractivity contribution in [3.05, 3.63) is 96.0 Å². The minimum atomic E-state index is -3.64. The standard InChI is InChI=1S/C25H29N3O4S/c1-28(20-22-7-3-2-4-8-22)17-6-16-26-25(29)15-12-21-10-13-24(14-11-21)33(30,31)27-19-23-9-5-18-32-23/h2-5,7-15,18,27H,6,16-17,19-20H2,1H3,(H,26,29)/b15-12+. The van der Waals surface area contributed by atoms with Gasteiger partial charge in [-0.1, -0.05) is 42.5 Å². The second-order valence-electron chi connectivity index (χ2n) is 7.67. The molecule has 1 amide bonds. The van der Waals surface area contributed by atoms with Crippen molar-refractivity contribution in [3.8, 4) is 0 Å². The smallest absolute Gasteiger partial charge is 0.243 e. The summed E-state index contributed by atoms with van der Waals surface area (Å²) < 4.78 is 32.3. The van der Waals surface area contributed by atoms with Gasteiger partial charge in [0.1, 0.15) is 5.76 Å². The van der Waals surface area contributed by atoms with Gasteiger partial charge in [-0.2, -0.15) is 0 Å². The molecule has 0 aliphatic heterocycles. The first-order valence-electron chi connectivity index (χ1n) is 10.7. The molecule has 174 valence electrons. The summed E-state index contributed by atoms with van der Waals surface area (Å²) in [6.07, 6.45) is 5.45. The molecule has 2 aromatic carbocycles. The fraction of sp³-hybridized carbons (Fsp3) is 0.240. The van der Waals surface area contributed by atoms with E-state index in [0.717, 1.165) is 25.1 Å². The summed E-state index contributed by atoms with van der Waals surface area (Å²) in [5.41, 5.74) is 2.00. The van der Waals surface area contributed by atoms with Crippen LogP contribution in [0.25, 0.3) is 6.08 Å². The highest BCUT2D eigenvalue weighted by Crippen LogP contribution is 2.12.